The van der Waals surface area contributed by atoms with Crippen LogP contribution in [0, 0.1) is 5.82 Å². The highest BCUT2D eigenvalue weighted by Gasteiger charge is 2.40. The smallest absolute Gasteiger partial charge is 0.210 e. The summed E-state index contributed by atoms with van der Waals surface area (Å²) in [7, 11) is 0. The number of carbonyl (C=O) groups is 1. The number of piperidine rings is 1. The minimum atomic E-state index is -0.179. The van der Waals surface area contributed by atoms with E-state index in [1.165, 1.54) is 17.7 Å². The fourth-order valence-electron chi connectivity index (χ4n) is 3.39. The molecule has 90 valence electrons. The first-order valence-corrected chi connectivity index (χ1v) is 6.26. The van der Waals surface area contributed by atoms with E-state index < -0.39 is 0 Å². The van der Waals surface area contributed by atoms with Crippen molar-refractivity contribution in [3.8, 4) is 0 Å². The third-order valence-electron chi connectivity index (χ3n) is 4.25. The Morgan fingerprint density at radius 1 is 1.12 bits per heavy atom. The van der Waals surface area contributed by atoms with Crippen LogP contribution in [-0.2, 0) is 4.79 Å². The van der Waals surface area contributed by atoms with Gasteiger partial charge in [-0.2, -0.15) is 0 Å². The monoisotopic (exact) mass is 233 g/mol. The predicted molar refractivity (Wildman–Crippen MR) is 63.1 cm³/mol. The molecule has 0 aromatic heterocycles. The maximum Gasteiger partial charge on any atom is 0.210 e. The van der Waals surface area contributed by atoms with Crippen molar-refractivity contribution in [1.29, 1.82) is 0 Å². The molecule has 17 heavy (non-hydrogen) atoms. The van der Waals surface area contributed by atoms with E-state index >= 15 is 0 Å². The third kappa shape index (κ3) is 1.84. The van der Waals surface area contributed by atoms with Crippen LogP contribution in [0.5, 0.6) is 0 Å². The summed E-state index contributed by atoms with van der Waals surface area (Å²) in [5.74, 6) is 0.311. The van der Waals surface area contributed by atoms with E-state index in [0.717, 1.165) is 32.1 Å². The predicted octanol–water partition coefficient (Wildman–Crippen LogP) is 2.69. The van der Waals surface area contributed by atoms with Crippen LogP contribution < -0.4 is 0 Å². The van der Waals surface area contributed by atoms with Gasteiger partial charge in [0.25, 0.3) is 0 Å². The van der Waals surface area contributed by atoms with Crippen molar-refractivity contribution in [3.05, 3.63) is 35.6 Å². The van der Waals surface area contributed by atoms with Crippen molar-refractivity contribution in [1.82, 2.24) is 4.90 Å². The van der Waals surface area contributed by atoms with Crippen LogP contribution in [0.3, 0.4) is 0 Å². The van der Waals surface area contributed by atoms with Crippen molar-refractivity contribution in [3.63, 3.8) is 0 Å². The summed E-state index contributed by atoms with van der Waals surface area (Å²) in [4.78, 5) is 13.0. The van der Waals surface area contributed by atoms with Gasteiger partial charge in [-0.1, -0.05) is 12.1 Å². The van der Waals surface area contributed by atoms with E-state index in [1.54, 1.807) is 0 Å². The van der Waals surface area contributed by atoms with Gasteiger partial charge in [0.05, 0.1) is 0 Å². The molecule has 2 aliphatic heterocycles. The lowest BCUT2D eigenvalue weighted by molar-refractivity contribution is -0.122. The fourth-order valence-corrected chi connectivity index (χ4v) is 3.39. The number of amides is 1. The first-order chi connectivity index (χ1) is 8.28. The molecule has 3 atom stereocenters. The standard InChI is InChI=1S/C14H16FNO/c15-12-3-1-10(2-4-12)11-7-13-5-6-14(8-11)16(13)9-17/h1-4,9,11,13-14H,5-8H2/t11?,13-,14?/m0/s1. The Morgan fingerprint density at radius 2 is 1.71 bits per heavy atom. The Kier molecular flexibility index (Phi) is 2.61. The van der Waals surface area contributed by atoms with Crippen LogP contribution in [-0.4, -0.2) is 23.4 Å². The lowest BCUT2D eigenvalue weighted by atomic mass is 9.85. The van der Waals surface area contributed by atoms with Gasteiger partial charge in [0, 0.05) is 12.1 Å². The number of hydrogen-bond donors (Lipinski definition) is 0. The van der Waals surface area contributed by atoms with Crippen molar-refractivity contribution >= 4 is 6.41 Å². The molecule has 2 nitrogen and oxygen atoms in total. The van der Waals surface area contributed by atoms with Crippen molar-refractivity contribution in [2.45, 2.75) is 43.7 Å². The Hall–Kier alpha value is -1.38. The summed E-state index contributed by atoms with van der Waals surface area (Å²) in [6.45, 7) is 0. The Balaban J connectivity index is 1.79. The number of fused-ring (bicyclic) bond motifs is 2. The zero-order chi connectivity index (χ0) is 11.8. The molecule has 1 amide bonds. The SMILES string of the molecule is O=CN1C2CC[C@H]1CC(c1ccc(F)cc1)C2. The lowest BCUT2D eigenvalue weighted by Gasteiger charge is -2.36. The minimum absolute atomic E-state index is 0.179. The Morgan fingerprint density at radius 3 is 2.24 bits per heavy atom. The summed E-state index contributed by atoms with van der Waals surface area (Å²) in [6, 6.07) is 7.64. The molecule has 2 heterocycles. The second-order valence-corrected chi connectivity index (χ2v) is 5.16. The number of carbonyl (C=O) groups excluding carboxylic acids is 1. The van der Waals surface area contributed by atoms with E-state index in [0.29, 0.717) is 18.0 Å². The van der Waals surface area contributed by atoms with Crippen LogP contribution in [0.1, 0.15) is 37.2 Å². The van der Waals surface area contributed by atoms with Gasteiger partial charge in [-0.25, -0.2) is 4.39 Å². The first-order valence-electron chi connectivity index (χ1n) is 6.26. The van der Waals surface area contributed by atoms with Crippen molar-refractivity contribution in [2.75, 3.05) is 0 Å². The molecule has 2 fully saturated rings. The molecule has 0 N–H and O–H groups in total. The zero-order valence-electron chi connectivity index (χ0n) is 9.68. The summed E-state index contributed by atoms with van der Waals surface area (Å²) in [5, 5.41) is 0. The molecular weight excluding hydrogens is 217 g/mol. The quantitative estimate of drug-likeness (QED) is 0.719. The molecule has 0 saturated carbocycles. The first kappa shape index (κ1) is 10.8. The summed E-state index contributed by atoms with van der Waals surface area (Å²) in [5.41, 5.74) is 1.22. The molecule has 3 heteroatoms. The van der Waals surface area contributed by atoms with Gasteiger partial charge in [-0.15, -0.1) is 0 Å². The lowest BCUT2D eigenvalue weighted by Crippen LogP contribution is -2.41. The topological polar surface area (TPSA) is 20.3 Å². The molecule has 0 spiro atoms. The van der Waals surface area contributed by atoms with Gasteiger partial charge in [0.2, 0.25) is 6.41 Å². The number of halogens is 1. The summed E-state index contributed by atoms with van der Waals surface area (Å²) >= 11 is 0. The number of hydrogen-bond acceptors (Lipinski definition) is 1. The maximum atomic E-state index is 12.9. The average Bonchev–Trinajstić information content (AvgIpc) is 2.59. The van der Waals surface area contributed by atoms with E-state index in [9.17, 15) is 9.18 Å². The van der Waals surface area contributed by atoms with E-state index in [1.807, 2.05) is 17.0 Å². The van der Waals surface area contributed by atoms with E-state index in [4.69, 9.17) is 0 Å². The van der Waals surface area contributed by atoms with Gasteiger partial charge >= 0.3 is 0 Å². The third-order valence-corrected chi connectivity index (χ3v) is 4.25. The molecule has 2 aliphatic rings. The molecule has 2 unspecified atom stereocenters. The Bertz CT molecular complexity index is 403. The zero-order valence-corrected chi connectivity index (χ0v) is 9.68. The average molecular weight is 233 g/mol. The van der Waals surface area contributed by atoms with Gasteiger partial charge in [0.15, 0.2) is 0 Å². The molecule has 1 aromatic rings. The fraction of sp³-hybridized carbons (Fsp3) is 0.500. The highest BCUT2D eigenvalue weighted by Crippen LogP contribution is 2.42. The maximum absolute atomic E-state index is 12.9. The normalized spacial score (nSPS) is 31.6. The Labute approximate surface area is 100 Å². The van der Waals surface area contributed by atoms with Crippen LogP contribution >= 0.6 is 0 Å². The highest BCUT2D eigenvalue weighted by atomic mass is 19.1. The van der Waals surface area contributed by atoms with E-state index in [-0.39, 0.29) is 5.82 Å². The highest BCUT2D eigenvalue weighted by molar-refractivity contribution is 5.50. The second-order valence-electron chi connectivity index (χ2n) is 5.16. The van der Waals surface area contributed by atoms with Gasteiger partial charge in [-0.05, 0) is 49.3 Å². The molecule has 2 bridgehead atoms. The molecule has 2 saturated heterocycles. The summed E-state index contributed by atoms with van der Waals surface area (Å²) < 4.78 is 12.9. The summed E-state index contributed by atoms with van der Waals surface area (Å²) in [6.07, 6.45) is 5.31. The van der Waals surface area contributed by atoms with Crippen molar-refractivity contribution in [2.24, 2.45) is 0 Å². The molecule has 1 aromatic carbocycles. The second kappa shape index (κ2) is 4.13. The van der Waals surface area contributed by atoms with Gasteiger partial charge in [-0.3, -0.25) is 4.79 Å². The molecule has 3 rings (SSSR count). The van der Waals surface area contributed by atoms with Crippen LogP contribution in [0.4, 0.5) is 4.39 Å². The number of nitrogens with zero attached hydrogens (tertiary/aromatic N) is 1. The van der Waals surface area contributed by atoms with E-state index in [2.05, 4.69) is 0 Å². The molecular formula is C14H16FNO. The number of rotatable bonds is 2. The molecule has 0 aliphatic carbocycles. The van der Waals surface area contributed by atoms with Crippen molar-refractivity contribution < 1.29 is 9.18 Å². The van der Waals surface area contributed by atoms with Crippen LogP contribution in [0.25, 0.3) is 0 Å². The van der Waals surface area contributed by atoms with Gasteiger partial charge in [0.1, 0.15) is 5.82 Å². The van der Waals surface area contributed by atoms with Crippen LogP contribution in [0.15, 0.2) is 24.3 Å². The van der Waals surface area contributed by atoms with Crippen LogP contribution in [0.2, 0.25) is 0 Å². The minimum Gasteiger partial charge on any atom is -0.339 e. The molecule has 0 radical (unpaired) electrons. The number of benzene rings is 1. The largest absolute Gasteiger partial charge is 0.339 e. The van der Waals surface area contributed by atoms with Gasteiger partial charge < -0.3 is 4.90 Å².